The average Bonchev–Trinajstić information content (AvgIpc) is 3.04. The van der Waals surface area contributed by atoms with Crippen LogP contribution in [-0.2, 0) is 24.1 Å². The molecule has 1 aromatic heterocycles. The van der Waals surface area contributed by atoms with E-state index in [1.165, 1.54) is 7.05 Å². The van der Waals surface area contributed by atoms with Crippen molar-refractivity contribution in [3.63, 3.8) is 0 Å². The van der Waals surface area contributed by atoms with Crippen LogP contribution in [0.3, 0.4) is 0 Å². The van der Waals surface area contributed by atoms with Crippen molar-refractivity contribution in [1.29, 1.82) is 0 Å². The first-order valence-corrected chi connectivity index (χ1v) is 10.1. The fourth-order valence-corrected chi connectivity index (χ4v) is 4.17. The molecule has 2 atom stereocenters. The van der Waals surface area contributed by atoms with Crippen molar-refractivity contribution in [1.82, 2.24) is 20.2 Å². The van der Waals surface area contributed by atoms with Crippen molar-refractivity contribution in [2.45, 2.75) is 38.8 Å². The monoisotopic (exact) mass is 404 g/mol. The largest absolute Gasteiger partial charge is 0.375 e. The fraction of sp³-hybridized carbons (Fsp3) is 0.524. The van der Waals surface area contributed by atoms with Crippen molar-refractivity contribution in [2.24, 2.45) is 5.92 Å². The van der Waals surface area contributed by atoms with E-state index in [0.717, 1.165) is 49.6 Å². The van der Waals surface area contributed by atoms with Crippen molar-refractivity contribution in [3.8, 4) is 11.3 Å². The van der Waals surface area contributed by atoms with Crippen LogP contribution in [0.5, 0.6) is 0 Å². The lowest BCUT2D eigenvalue weighted by molar-refractivity contribution is 0.0281. The number of rotatable bonds is 4. The molecule has 1 aromatic carbocycles. The second-order valence-electron chi connectivity index (χ2n) is 7.87. The number of carbonyl (C=O) groups is 1. The SMILES string of the molecule is CNC(=O)c1cc(F)c(-c2nc3n(c2CC2CNCCO2)CCC(C)C3)c(F)c1. The van der Waals surface area contributed by atoms with Crippen LogP contribution in [0.2, 0.25) is 0 Å². The number of nitrogens with zero attached hydrogens (tertiary/aromatic N) is 2. The summed E-state index contributed by atoms with van der Waals surface area (Å²) in [5.41, 5.74) is 0.893. The van der Waals surface area contributed by atoms with Crippen LogP contribution in [0.15, 0.2) is 12.1 Å². The Kier molecular flexibility index (Phi) is 5.65. The van der Waals surface area contributed by atoms with Crippen molar-refractivity contribution in [2.75, 3.05) is 26.7 Å². The highest BCUT2D eigenvalue weighted by atomic mass is 19.1. The number of morpholine rings is 1. The molecule has 8 heteroatoms. The fourth-order valence-electron chi connectivity index (χ4n) is 4.17. The molecule has 2 aliphatic rings. The normalized spacial score (nSPS) is 21.7. The van der Waals surface area contributed by atoms with E-state index in [4.69, 9.17) is 4.74 Å². The summed E-state index contributed by atoms with van der Waals surface area (Å²) in [6, 6.07) is 2.14. The summed E-state index contributed by atoms with van der Waals surface area (Å²) < 4.78 is 37.9. The maximum absolute atomic E-state index is 15.0. The predicted molar refractivity (Wildman–Crippen MR) is 105 cm³/mol. The maximum Gasteiger partial charge on any atom is 0.251 e. The summed E-state index contributed by atoms with van der Waals surface area (Å²) >= 11 is 0. The molecule has 1 amide bonds. The van der Waals surface area contributed by atoms with E-state index in [1.807, 2.05) is 0 Å². The van der Waals surface area contributed by atoms with E-state index in [9.17, 15) is 13.6 Å². The van der Waals surface area contributed by atoms with Crippen LogP contribution in [0, 0.1) is 17.6 Å². The van der Waals surface area contributed by atoms with E-state index >= 15 is 0 Å². The minimum atomic E-state index is -0.781. The van der Waals surface area contributed by atoms with Gasteiger partial charge in [0, 0.05) is 50.8 Å². The Bertz CT molecular complexity index is 899. The van der Waals surface area contributed by atoms with Gasteiger partial charge >= 0.3 is 0 Å². The van der Waals surface area contributed by atoms with Gasteiger partial charge in [0.05, 0.1) is 24.0 Å². The molecule has 1 saturated heterocycles. The first-order chi connectivity index (χ1) is 14.0. The van der Waals surface area contributed by atoms with Crippen LogP contribution in [0.25, 0.3) is 11.3 Å². The van der Waals surface area contributed by atoms with Gasteiger partial charge in [-0.1, -0.05) is 6.92 Å². The lowest BCUT2D eigenvalue weighted by atomic mass is 9.99. The molecule has 2 unspecified atom stereocenters. The summed E-state index contributed by atoms with van der Waals surface area (Å²) in [4.78, 5) is 16.5. The van der Waals surface area contributed by atoms with Gasteiger partial charge in [-0.2, -0.15) is 0 Å². The Labute approximate surface area is 168 Å². The smallest absolute Gasteiger partial charge is 0.251 e. The third-order valence-corrected chi connectivity index (χ3v) is 5.72. The maximum atomic E-state index is 15.0. The van der Waals surface area contributed by atoms with Gasteiger partial charge in [-0.15, -0.1) is 0 Å². The van der Waals surface area contributed by atoms with Gasteiger partial charge in [-0.3, -0.25) is 4.79 Å². The summed E-state index contributed by atoms with van der Waals surface area (Å²) in [7, 11) is 1.42. The first-order valence-electron chi connectivity index (χ1n) is 10.1. The van der Waals surface area contributed by atoms with Crippen LogP contribution >= 0.6 is 0 Å². The van der Waals surface area contributed by atoms with E-state index < -0.39 is 17.5 Å². The standard InChI is InChI=1S/C21H26F2N4O2/c1-12-3-5-27-17(10-14-11-25-4-6-29-14)20(26-18(27)7-12)19-15(22)8-13(9-16(19)23)21(28)24-2/h8-9,12,14,25H,3-7,10-11H2,1-2H3,(H,24,28). The molecule has 2 aromatic rings. The zero-order valence-corrected chi connectivity index (χ0v) is 16.7. The Balaban J connectivity index is 1.79. The molecular formula is C21H26F2N4O2. The minimum Gasteiger partial charge on any atom is -0.375 e. The molecule has 0 spiro atoms. The highest BCUT2D eigenvalue weighted by molar-refractivity contribution is 5.94. The van der Waals surface area contributed by atoms with E-state index in [2.05, 4.69) is 27.1 Å². The highest BCUT2D eigenvalue weighted by Gasteiger charge is 2.29. The Hall–Kier alpha value is -2.32. The number of ether oxygens (including phenoxy) is 1. The summed E-state index contributed by atoms with van der Waals surface area (Å²) in [5.74, 6) is -0.767. The molecule has 29 heavy (non-hydrogen) atoms. The summed E-state index contributed by atoms with van der Waals surface area (Å²) in [5, 5.41) is 5.69. The number of nitrogens with one attached hydrogen (secondary N) is 2. The highest BCUT2D eigenvalue weighted by Crippen LogP contribution is 2.34. The Morgan fingerprint density at radius 1 is 1.38 bits per heavy atom. The van der Waals surface area contributed by atoms with Crippen molar-refractivity contribution in [3.05, 3.63) is 40.8 Å². The molecule has 6 nitrogen and oxygen atoms in total. The van der Waals surface area contributed by atoms with Crippen LogP contribution < -0.4 is 10.6 Å². The number of halogens is 2. The van der Waals surface area contributed by atoms with Gasteiger partial charge in [-0.05, 0) is 24.5 Å². The molecule has 3 heterocycles. The number of carbonyl (C=O) groups excluding carboxylic acids is 1. The van der Waals surface area contributed by atoms with Gasteiger partial charge < -0.3 is 19.9 Å². The molecule has 156 valence electrons. The van der Waals surface area contributed by atoms with E-state index in [1.54, 1.807) is 0 Å². The minimum absolute atomic E-state index is 0.0507. The zero-order chi connectivity index (χ0) is 20.5. The number of fused-ring (bicyclic) bond motifs is 1. The second-order valence-corrected chi connectivity index (χ2v) is 7.87. The molecular weight excluding hydrogens is 378 g/mol. The molecule has 2 N–H and O–H groups in total. The quantitative estimate of drug-likeness (QED) is 0.821. The summed E-state index contributed by atoms with van der Waals surface area (Å²) in [6.45, 7) is 5.04. The number of benzene rings is 1. The number of hydrogen-bond donors (Lipinski definition) is 2. The lowest BCUT2D eigenvalue weighted by Gasteiger charge is -2.26. The third kappa shape index (κ3) is 3.91. The first kappa shape index (κ1) is 20.0. The van der Waals surface area contributed by atoms with E-state index in [-0.39, 0.29) is 17.2 Å². The van der Waals surface area contributed by atoms with Crippen LogP contribution in [-0.4, -0.2) is 48.3 Å². The molecule has 0 bridgehead atoms. The molecule has 0 aliphatic carbocycles. The molecule has 4 rings (SSSR count). The zero-order valence-electron chi connectivity index (χ0n) is 16.7. The van der Waals surface area contributed by atoms with Crippen molar-refractivity contribution >= 4 is 5.91 Å². The number of hydrogen-bond acceptors (Lipinski definition) is 4. The van der Waals surface area contributed by atoms with Gasteiger partial charge in [-0.25, -0.2) is 13.8 Å². The molecule has 2 aliphatic heterocycles. The molecule has 0 radical (unpaired) electrons. The number of amides is 1. The Morgan fingerprint density at radius 2 is 2.14 bits per heavy atom. The lowest BCUT2D eigenvalue weighted by Crippen LogP contribution is -2.40. The van der Waals surface area contributed by atoms with Gasteiger partial charge in [0.25, 0.3) is 5.91 Å². The molecule has 1 fully saturated rings. The summed E-state index contributed by atoms with van der Waals surface area (Å²) in [6.07, 6.45) is 2.23. The second kappa shape index (κ2) is 8.20. The van der Waals surface area contributed by atoms with Gasteiger partial charge in [0.2, 0.25) is 0 Å². The average molecular weight is 404 g/mol. The Morgan fingerprint density at radius 3 is 2.79 bits per heavy atom. The predicted octanol–water partition coefficient (Wildman–Crippen LogP) is 2.30. The third-order valence-electron chi connectivity index (χ3n) is 5.72. The van der Waals surface area contributed by atoms with Crippen LogP contribution in [0.1, 0.15) is 35.2 Å². The topological polar surface area (TPSA) is 68.2 Å². The molecule has 0 saturated carbocycles. The van der Waals surface area contributed by atoms with Crippen LogP contribution in [0.4, 0.5) is 8.78 Å². The van der Waals surface area contributed by atoms with Crippen molar-refractivity contribution < 1.29 is 18.3 Å². The van der Waals surface area contributed by atoms with Gasteiger partial charge in [0.15, 0.2) is 0 Å². The van der Waals surface area contributed by atoms with E-state index in [0.29, 0.717) is 31.2 Å². The number of aromatic nitrogens is 2. The number of imidazole rings is 1. The van der Waals surface area contributed by atoms with Gasteiger partial charge in [0.1, 0.15) is 17.5 Å².